The minimum absolute atomic E-state index is 0.0368. The fraction of sp³-hybridized carbons (Fsp3) is 0.579. The Bertz CT molecular complexity index is 653. The smallest absolute Gasteiger partial charge is 0.265 e. The number of benzene rings is 1. The molecular weight excluding hydrogens is 318 g/mol. The van der Waals surface area contributed by atoms with E-state index in [1.165, 1.54) is 0 Å². The molecule has 6 nitrogen and oxygen atoms in total. The van der Waals surface area contributed by atoms with Crippen LogP contribution in [0.25, 0.3) is 0 Å². The van der Waals surface area contributed by atoms with Gasteiger partial charge in [0.05, 0.1) is 5.69 Å². The SMILES string of the molecule is Cc1ccc2c(c1)N(CCC(=O)N(C)C1CCN(C)CC1)C(=O)CO2. The van der Waals surface area contributed by atoms with E-state index < -0.39 is 0 Å². The molecule has 136 valence electrons. The van der Waals surface area contributed by atoms with Gasteiger partial charge in [-0.3, -0.25) is 9.59 Å². The molecule has 2 aliphatic heterocycles. The lowest BCUT2D eigenvalue weighted by molar-refractivity contribution is -0.132. The summed E-state index contributed by atoms with van der Waals surface area (Å²) in [5.74, 6) is 0.720. The molecule has 0 N–H and O–H groups in total. The Labute approximate surface area is 149 Å². The molecule has 25 heavy (non-hydrogen) atoms. The van der Waals surface area contributed by atoms with Crippen LogP contribution in [0.2, 0.25) is 0 Å². The van der Waals surface area contributed by atoms with Crippen molar-refractivity contribution in [2.45, 2.75) is 32.2 Å². The summed E-state index contributed by atoms with van der Waals surface area (Å²) >= 11 is 0. The number of ether oxygens (including phenoxy) is 1. The van der Waals surface area contributed by atoms with Crippen molar-refractivity contribution in [3.63, 3.8) is 0 Å². The van der Waals surface area contributed by atoms with E-state index in [4.69, 9.17) is 4.74 Å². The molecule has 2 heterocycles. The molecule has 0 saturated carbocycles. The van der Waals surface area contributed by atoms with Crippen LogP contribution in [0.1, 0.15) is 24.8 Å². The van der Waals surface area contributed by atoms with E-state index >= 15 is 0 Å². The molecule has 0 aliphatic carbocycles. The van der Waals surface area contributed by atoms with Crippen molar-refractivity contribution in [3.8, 4) is 5.75 Å². The Morgan fingerprint density at radius 3 is 2.76 bits per heavy atom. The number of anilines is 1. The van der Waals surface area contributed by atoms with Gasteiger partial charge in [-0.15, -0.1) is 0 Å². The largest absolute Gasteiger partial charge is 0.482 e. The molecule has 1 aromatic carbocycles. The summed E-state index contributed by atoms with van der Waals surface area (Å²) in [6.07, 6.45) is 2.36. The quantitative estimate of drug-likeness (QED) is 0.833. The molecule has 3 rings (SSSR count). The fourth-order valence-electron chi connectivity index (χ4n) is 3.53. The zero-order valence-electron chi connectivity index (χ0n) is 15.3. The van der Waals surface area contributed by atoms with Gasteiger partial charge in [0.2, 0.25) is 5.91 Å². The van der Waals surface area contributed by atoms with Crippen LogP contribution in [-0.2, 0) is 9.59 Å². The lowest BCUT2D eigenvalue weighted by Crippen LogP contribution is -2.46. The molecule has 0 radical (unpaired) electrons. The first-order valence-corrected chi connectivity index (χ1v) is 8.93. The molecule has 1 aromatic rings. The van der Waals surface area contributed by atoms with Crippen molar-refractivity contribution in [2.24, 2.45) is 0 Å². The van der Waals surface area contributed by atoms with Gasteiger partial charge in [0, 0.05) is 26.1 Å². The van der Waals surface area contributed by atoms with Crippen molar-refractivity contribution >= 4 is 17.5 Å². The van der Waals surface area contributed by atoms with Crippen LogP contribution in [0.3, 0.4) is 0 Å². The molecule has 1 saturated heterocycles. The molecule has 2 amide bonds. The number of aryl methyl sites for hydroxylation is 1. The molecular formula is C19H27N3O3. The van der Waals surface area contributed by atoms with E-state index in [1.807, 2.05) is 37.1 Å². The molecule has 1 fully saturated rings. The van der Waals surface area contributed by atoms with Crippen LogP contribution >= 0.6 is 0 Å². The highest BCUT2D eigenvalue weighted by Crippen LogP contribution is 2.33. The van der Waals surface area contributed by atoms with Crippen molar-refractivity contribution in [3.05, 3.63) is 23.8 Å². The maximum absolute atomic E-state index is 12.6. The Hall–Kier alpha value is -2.08. The van der Waals surface area contributed by atoms with E-state index in [0.29, 0.717) is 24.8 Å². The van der Waals surface area contributed by atoms with Gasteiger partial charge in [-0.25, -0.2) is 0 Å². The first-order valence-electron chi connectivity index (χ1n) is 8.93. The lowest BCUT2D eigenvalue weighted by atomic mass is 10.0. The number of rotatable bonds is 4. The number of carbonyl (C=O) groups excluding carboxylic acids is 2. The Kier molecular flexibility index (Phi) is 5.27. The highest BCUT2D eigenvalue weighted by atomic mass is 16.5. The summed E-state index contributed by atoms with van der Waals surface area (Å²) in [4.78, 5) is 30.7. The van der Waals surface area contributed by atoms with E-state index in [1.54, 1.807) is 4.90 Å². The highest BCUT2D eigenvalue weighted by Gasteiger charge is 2.28. The summed E-state index contributed by atoms with van der Waals surface area (Å²) < 4.78 is 5.49. The van der Waals surface area contributed by atoms with Gasteiger partial charge in [0.15, 0.2) is 6.61 Å². The minimum Gasteiger partial charge on any atom is -0.482 e. The predicted octanol–water partition coefficient (Wildman–Crippen LogP) is 1.66. The first kappa shape index (κ1) is 17.7. The Morgan fingerprint density at radius 2 is 2.04 bits per heavy atom. The highest BCUT2D eigenvalue weighted by molar-refractivity contribution is 5.98. The zero-order valence-corrected chi connectivity index (χ0v) is 15.3. The second-order valence-corrected chi connectivity index (χ2v) is 7.09. The average molecular weight is 345 g/mol. The summed E-state index contributed by atoms with van der Waals surface area (Å²) in [5.41, 5.74) is 1.84. The van der Waals surface area contributed by atoms with E-state index in [2.05, 4.69) is 11.9 Å². The second-order valence-electron chi connectivity index (χ2n) is 7.09. The van der Waals surface area contributed by atoms with Gasteiger partial charge < -0.3 is 19.4 Å². The van der Waals surface area contributed by atoms with Gasteiger partial charge in [-0.2, -0.15) is 0 Å². The normalized spacial score (nSPS) is 18.7. The monoisotopic (exact) mass is 345 g/mol. The summed E-state index contributed by atoms with van der Waals surface area (Å²) in [7, 11) is 4.00. The predicted molar refractivity (Wildman–Crippen MR) is 96.9 cm³/mol. The molecule has 0 aromatic heterocycles. The third-order valence-electron chi connectivity index (χ3n) is 5.24. The van der Waals surface area contributed by atoms with E-state index in [0.717, 1.165) is 37.2 Å². The topological polar surface area (TPSA) is 53.1 Å². The maximum atomic E-state index is 12.6. The van der Waals surface area contributed by atoms with E-state index in [-0.39, 0.29) is 18.4 Å². The van der Waals surface area contributed by atoms with Gasteiger partial charge >= 0.3 is 0 Å². The number of carbonyl (C=O) groups is 2. The van der Waals surface area contributed by atoms with Crippen LogP contribution in [-0.4, -0.2) is 68.0 Å². The minimum atomic E-state index is -0.0900. The van der Waals surface area contributed by atoms with Gasteiger partial charge in [-0.05, 0) is 57.6 Å². The van der Waals surface area contributed by atoms with Crippen molar-refractivity contribution in [1.29, 1.82) is 0 Å². The van der Waals surface area contributed by atoms with Crippen LogP contribution in [0, 0.1) is 6.92 Å². The standard InChI is InChI=1S/C19H27N3O3/c1-14-4-5-17-16(12-14)22(19(24)13-25-17)11-8-18(23)21(3)15-6-9-20(2)10-7-15/h4-5,12,15H,6-11,13H2,1-3H3. The lowest BCUT2D eigenvalue weighted by Gasteiger charge is -2.36. The summed E-state index contributed by atoms with van der Waals surface area (Å²) in [6.45, 7) is 4.47. The van der Waals surface area contributed by atoms with Crippen molar-refractivity contribution < 1.29 is 14.3 Å². The van der Waals surface area contributed by atoms with Crippen molar-refractivity contribution in [1.82, 2.24) is 9.80 Å². The third-order valence-corrected chi connectivity index (χ3v) is 5.24. The van der Waals surface area contributed by atoms with Crippen molar-refractivity contribution in [2.75, 3.05) is 45.2 Å². The number of amides is 2. The van der Waals surface area contributed by atoms with Gasteiger partial charge in [-0.1, -0.05) is 6.07 Å². The number of likely N-dealkylation sites (tertiary alicyclic amines) is 1. The van der Waals surface area contributed by atoms with Crippen LogP contribution in [0.4, 0.5) is 5.69 Å². The fourth-order valence-corrected chi connectivity index (χ4v) is 3.53. The summed E-state index contributed by atoms with van der Waals surface area (Å²) in [5, 5.41) is 0. The maximum Gasteiger partial charge on any atom is 0.265 e. The molecule has 6 heteroatoms. The molecule has 0 unspecified atom stereocenters. The van der Waals surface area contributed by atoms with Crippen LogP contribution in [0.15, 0.2) is 18.2 Å². The molecule has 0 spiro atoms. The number of hydrogen-bond acceptors (Lipinski definition) is 4. The number of fused-ring (bicyclic) bond motifs is 1. The molecule has 0 atom stereocenters. The Morgan fingerprint density at radius 1 is 1.32 bits per heavy atom. The van der Waals surface area contributed by atoms with Crippen LogP contribution in [0.5, 0.6) is 5.75 Å². The Balaban J connectivity index is 1.62. The second kappa shape index (κ2) is 7.44. The van der Waals surface area contributed by atoms with Gasteiger partial charge in [0.1, 0.15) is 5.75 Å². The third kappa shape index (κ3) is 3.95. The first-order chi connectivity index (χ1) is 12.0. The molecule has 0 bridgehead atoms. The van der Waals surface area contributed by atoms with Gasteiger partial charge in [0.25, 0.3) is 5.91 Å². The van der Waals surface area contributed by atoms with Crippen LogP contribution < -0.4 is 9.64 Å². The van der Waals surface area contributed by atoms with E-state index in [9.17, 15) is 9.59 Å². The average Bonchev–Trinajstić information content (AvgIpc) is 2.60. The number of piperidine rings is 1. The molecule has 2 aliphatic rings. The number of hydrogen-bond donors (Lipinski definition) is 0. The number of nitrogens with zero attached hydrogens (tertiary/aromatic N) is 3. The zero-order chi connectivity index (χ0) is 18.0. The summed E-state index contributed by atoms with van der Waals surface area (Å²) in [6, 6.07) is 6.10.